The maximum absolute atomic E-state index is 9.38. The Bertz CT molecular complexity index is 276. The summed E-state index contributed by atoms with van der Waals surface area (Å²) in [5, 5.41) is 12.5. The minimum atomic E-state index is -0.439. The van der Waals surface area contributed by atoms with Crippen molar-refractivity contribution >= 4 is 15.9 Å². The Kier molecular flexibility index (Phi) is 5.86. The quantitative estimate of drug-likeness (QED) is 0.827. The number of hydrogen-bond donors (Lipinski definition) is 2. The first-order valence-corrected chi connectivity index (χ1v) is 5.64. The number of rotatable bonds is 6. The summed E-state index contributed by atoms with van der Waals surface area (Å²) >= 11 is 3.38. The molecule has 1 unspecified atom stereocenters. The van der Waals surface area contributed by atoms with E-state index in [9.17, 15) is 5.11 Å². The topological polar surface area (TPSA) is 41.5 Å². The van der Waals surface area contributed by atoms with Gasteiger partial charge in [-0.3, -0.25) is 0 Å². The Morgan fingerprint density at radius 2 is 2.07 bits per heavy atom. The van der Waals surface area contributed by atoms with E-state index >= 15 is 0 Å². The summed E-state index contributed by atoms with van der Waals surface area (Å²) < 4.78 is 5.90. The average Bonchev–Trinajstić information content (AvgIpc) is 2.21. The minimum absolute atomic E-state index is 0.368. The lowest BCUT2D eigenvalue weighted by Gasteiger charge is -2.10. The molecule has 0 aliphatic heterocycles. The molecule has 0 amide bonds. The van der Waals surface area contributed by atoms with Crippen molar-refractivity contribution in [3.05, 3.63) is 34.3 Å². The molecule has 1 atom stereocenters. The lowest BCUT2D eigenvalue weighted by molar-refractivity contribution is 0.0644. The second kappa shape index (κ2) is 6.95. The molecule has 0 heterocycles. The maximum Gasteiger partial charge on any atom is 0.0897 e. The lowest BCUT2D eigenvalue weighted by atomic mass is 10.2. The summed E-state index contributed by atoms with van der Waals surface area (Å²) in [7, 11) is 1.58. The van der Waals surface area contributed by atoms with E-state index in [0.717, 1.165) is 11.0 Å². The van der Waals surface area contributed by atoms with Gasteiger partial charge in [0, 0.05) is 24.7 Å². The van der Waals surface area contributed by atoms with Crippen LogP contribution in [-0.4, -0.2) is 31.5 Å². The van der Waals surface area contributed by atoms with Crippen molar-refractivity contribution in [1.29, 1.82) is 0 Å². The van der Waals surface area contributed by atoms with Crippen LogP contribution < -0.4 is 5.32 Å². The Morgan fingerprint density at radius 3 is 2.67 bits per heavy atom. The molecule has 1 aromatic carbocycles. The Hall–Kier alpha value is -0.420. The van der Waals surface area contributed by atoms with Crippen molar-refractivity contribution in [2.24, 2.45) is 0 Å². The van der Waals surface area contributed by atoms with Crippen LogP contribution >= 0.6 is 15.9 Å². The number of ether oxygens (including phenoxy) is 1. The third kappa shape index (κ3) is 5.28. The molecule has 0 aromatic heterocycles. The zero-order valence-electron chi connectivity index (χ0n) is 8.74. The Morgan fingerprint density at radius 1 is 1.40 bits per heavy atom. The molecule has 2 N–H and O–H groups in total. The summed E-state index contributed by atoms with van der Waals surface area (Å²) in [5.41, 5.74) is 1.20. The van der Waals surface area contributed by atoms with Crippen molar-refractivity contribution in [2.45, 2.75) is 12.6 Å². The van der Waals surface area contributed by atoms with Gasteiger partial charge in [-0.25, -0.2) is 0 Å². The molecule has 4 heteroatoms. The highest BCUT2D eigenvalue weighted by molar-refractivity contribution is 9.10. The molecule has 0 aliphatic carbocycles. The van der Waals surface area contributed by atoms with E-state index in [1.165, 1.54) is 5.56 Å². The van der Waals surface area contributed by atoms with Gasteiger partial charge in [0.1, 0.15) is 0 Å². The second-order valence-corrected chi connectivity index (χ2v) is 4.28. The van der Waals surface area contributed by atoms with Crippen molar-refractivity contribution in [3.8, 4) is 0 Å². The van der Waals surface area contributed by atoms with Crippen molar-refractivity contribution in [2.75, 3.05) is 20.3 Å². The zero-order chi connectivity index (χ0) is 11.1. The fourth-order valence-corrected chi connectivity index (χ4v) is 1.50. The Balaban J connectivity index is 2.22. The van der Waals surface area contributed by atoms with E-state index in [1.54, 1.807) is 7.11 Å². The van der Waals surface area contributed by atoms with Gasteiger partial charge in [-0.15, -0.1) is 0 Å². The van der Waals surface area contributed by atoms with Crippen molar-refractivity contribution in [1.82, 2.24) is 5.32 Å². The third-order valence-electron chi connectivity index (χ3n) is 1.98. The van der Waals surface area contributed by atoms with Gasteiger partial charge in [0.2, 0.25) is 0 Å². The van der Waals surface area contributed by atoms with Crippen molar-refractivity contribution < 1.29 is 9.84 Å². The van der Waals surface area contributed by atoms with Crippen LogP contribution in [0.15, 0.2) is 28.7 Å². The molecule has 0 saturated heterocycles. The van der Waals surface area contributed by atoms with Crippen LogP contribution in [0.4, 0.5) is 0 Å². The summed E-state index contributed by atoms with van der Waals surface area (Å²) in [6, 6.07) is 8.09. The summed E-state index contributed by atoms with van der Waals surface area (Å²) in [4.78, 5) is 0. The smallest absolute Gasteiger partial charge is 0.0897 e. The first-order chi connectivity index (χ1) is 7.22. The number of aliphatic hydroxyl groups is 1. The van der Waals surface area contributed by atoms with Crippen LogP contribution in [0.1, 0.15) is 5.56 Å². The first-order valence-electron chi connectivity index (χ1n) is 4.84. The van der Waals surface area contributed by atoms with E-state index in [2.05, 4.69) is 21.2 Å². The molecule has 1 aromatic rings. The van der Waals surface area contributed by atoms with Crippen molar-refractivity contribution in [3.63, 3.8) is 0 Å². The van der Waals surface area contributed by atoms with Crippen LogP contribution in [0, 0.1) is 0 Å². The zero-order valence-corrected chi connectivity index (χ0v) is 10.3. The normalized spacial score (nSPS) is 12.7. The van der Waals surface area contributed by atoms with Crippen LogP contribution in [0.5, 0.6) is 0 Å². The number of nitrogens with one attached hydrogen (secondary N) is 1. The third-order valence-corrected chi connectivity index (χ3v) is 2.51. The molecule has 0 spiro atoms. The van der Waals surface area contributed by atoms with Crippen LogP contribution in [0.2, 0.25) is 0 Å². The van der Waals surface area contributed by atoms with Gasteiger partial charge in [0.15, 0.2) is 0 Å². The average molecular weight is 274 g/mol. The van der Waals surface area contributed by atoms with Gasteiger partial charge in [0.25, 0.3) is 0 Å². The summed E-state index contributed by atoms with van der Waals surface area (Å²) in [5.74, 6) is 0. The van der Waals surface area contributed by atoms with Gasteiger partial charge >= 0.3 is 0 Å². The van der Waals surface area contributed by atoms with E-state index in [0.29, 0.717) is 13.2 Å². The molecule has 0 bridgehead atoms. The molecule has 0 aliphatic rings. The van der Waals surface area contributed by atoms with Gasteiger partial charge in [-0.2, -0.15) is 0 Å². The maximum atomic E-state index is 9.38. The molecule has 3 nitrogen and oxygen atoms in total. The molecule has 0 radical (unpaired) electrons. The number of methoxy groups -OCH3 is 1. The summed E-state index contributed by atoms with van der Waals surface area (Å²) in [6.45, 7) is 1.67. The molecule has 0 saturated carbocycles. The largest absolute Gasteiger partial charge is 0.389 e. The van der Waals surface area contributed by atoms with Crippen LogP contribution in [0.25, 0.3) is 0 Å². The number of aliphatic hydroxyl groups excluding tert-OH is 1. The minimum Gasteiger partial charge on any atom is -0.389 e. The molecule has 15 heavy (non-hydrogen) atoms. The second-order valence-electron chi connectivity index (χ2n) is 3.37. The van der Waals surface area contributed by atoms with Crippen LogP contribution in [-0.2, 0) is 11.3 Å². The predicted molar refractivity (Wildman–Crippen MR) is 63.7 cm³/mol. The SMILES string of the molecule is COCC(O)CNCc1ccc(Br)cc1. The van der Waals surface area contributed by atoms with Gasteiger partial charge in [0.05, 0.1) is 12.7 Å². The lowest BCUT2D eigenvalue weighted by Crippen LogP contribution is -2.29. The first kappa shape index (κ1) is 12.6. The Labute approximate surface area is 98.6 Å². The number of halogens is 1. The molecular formula is C11H16BrNO2. The highest BCUT2D eigenvalue weighted by Gasteiger charge is 2.01. The van der Waals surface area contributed by atoms with Gasteiger partial charge in [-0.05, 0) is 17.7 Å². The fourth-order valence-electron chi connectivity index (χ4n) is 1.24. The molecule has 0 fully saturated rings. The highest BCUT2D eigenvalue weighted by atomic mass is 79.9. The van der Waals surface area contributed by atoms with E-state index < -0.39 is 6.10 Å². The summed E-state index contributed by atoms with van der Waals surface area (Å²) in [6.07, 6.45) is -0.439. The number of hydrogen-bond acceptors (Lipinski definition) is 3. The highest BCUT2D eigenvalue weighted by Crippen LogP contribution is 2.10. The van der Waals surface area contributed by atoms with E-state index in [-0.39, 0.29) is 0 Å². The number of benzene rings is 1. The predicted octanol–water partition coefficient (Wildman–Crippen LogP) is 1.55. The van der Waals surface area contributed by atoms with Gasteiger partial charge < -0.3 is 15.2 Å². The van der Waals surface area contributed by atoms with E-state index in [4.69, 9.17) is 4.74 Å². The van der Waals surface area contributed by atoms with Crippen LogP contribution in [0.3, 0.4) is 0 Å². The standard InChI is InChI=1S/C11H16BrNO2/c1-15-8-11(14)7-13-6-9-2-4-10(12)5-3-9/h2-5,11,13-14H,6-8H2,1H3. The molecule has 1 rings (SSSR count). The molecular weight excluding hydrogens is 258 g/mol. The molecule has 84 valence electrons. The monoisotopic (exact) mass is 273 g/mol. The van der Waals surface area contributed by atoms with E-state index in [1.807, 2.05) is 24.3 Å². The fraction of sp³-hybridized carbons (Fsp3) is 0.455. The van der Waals surface area contributed by atoms with Gasteiger partial charge in [-0.1, -0.05) is 28.1 Å².